The maximum atomic E-state index is 12.1. The molecule has 1 unspecified atom stereocenters. The fourth-order valence-electron chi connectivity index (χ4n) is 1.49. The van der Waals surface area contributed by atoms with Crippen LogP contribution in [0.4, 0.5) is 5.82 Å². The number of carbonyl (C=O) groups is 1. The van der Waals surface area contributed by atoms with Crippen molar-refractivity contribution < 1.29 is 9.53 Å². The lowest BCUT2D eigenvalue weighted by atomic mass is 10.1. The second kappa shape index (κ2) is 5.88. The summed E-state index contributed by atoms with van der Waals surface area (Å²) < 4.78 is 5.14. The summed E-state index contributed by atoms with van der Waals surface area (Å²) in [4.78, 5) is 20.1. The van der Waals surface area contributed by atoms with Crippen LogP contribution >= 0.6 is 0 Å². The molecule has 1 N–H and O–H groups in total. The molecule has 1 aromatic carbocycles. The minimum absolute atomic E-state index is 0.149. The number of methoxy groups -OCH3 is 1. The molecule has 92 valence electrons. The summed E-state index contributed by atoms with van der Waals surface area (Å²) in [5.74, 6) is 0.345. The smallest absolute Gasteiger partial charge is 0.212 e. The van der Waals surface area contributed by atoms with E-state index in [1.54, 1.807) is 24.5 Å². The van der Waals surface area contributed by atoms with Gasteiger partial charge in [-0.15, -0.1) is 0 Å². The van der Waals surface area contributed by atoms with Crippen molar-refractivity contribution in [3.63, 3.8) is 0 Å². The van der Waals surface area contributed by atoms with Crippen LogP contribution in [0.3, 0.4) is 0 Å². The number of carbonyl (C=O) groups excluding carboxylic acids is 1. The highest BCUT2D eigenvalue weighted by Crippen LogP contribution is 2.08. The van der Waals surface area contributed by atoms with Crippen LogP contribution in [0.1, 0.15) is 10.4 Å². The first-order valence-corrected chi connectivity index (χ1v) is 5.46. The van der Waals surface area contributed by atoms with Gasteiger partial charge >= 0.3 is 0 Å². The van der Waals surface area contributed by atoms with Crippen molar-refractivity contribution in [3.8, 4) is 0 Å². The molecule has 0 aliphatic heterocycles. The minimum atomic E-state index is -0.774. The Balaban J connectivity index is 2.12. The lowest BCUT2D eigenvalue weighted by Crippen LogP contribution is -2.31. The maximum absolute atomic E-state index is 12.1. The van der Waals surface area contributed by atoms with E-state index in [0.717, 1.165) is 0 Å². The topological polar surface area (TPSA) is 64.1 Å². The van der Waals surface area contributed by atoms with E-state index >= 15 is 0 Å². The molecule has 2 rings (SSSR count). The first kappa shape index (κ1) is 12.2. The molecule has 0 saturated heterocycles. The van der Waals surface area contributed by atoms with Gasteiger partial charge in [-0.1, -0.05) is 30.3 Å². The molecule has 0 aliphatic rings. The monoisotopic (exact) mass is 243 g/mol. The fourth-order valence-corrected chi connectivity index (χ4v) is 1.49. The summed E-state index contributed by atoms with van der Waals surface area (Å²) in [5, 5.41) is 2.88. The minimum Gasteiger partial charge on any atom is -0.354 e. The van der Waals surface area contributed by atoms with Crippen LogP contribution in [0.15, 0.2) is 48.9 Å². The molecule has 0 spiro atoms. The molecule has 0 aliphatic carbocycles. The van der Waals surface area contributed by atoms with Gasteiger partial charge in [0.05, 0.1) is 6.20 Å². The molecule has 0 fully saturated rings. The van der Waals surface area contributed by atoms with Crippen molar-refractivity contribution in [1.82, 2.24) is 9.97 Å². The number of ether oxygens (including phenoxy) is 1. The molecule has 0 bridgehead atoms. The lowest BCUT2D eigenvalue weighted by molar-refractivity contribution is 0.0676. The number of nitrogens with one attached hydrogen (secondary N) is 1. The summed E-state index contributed by atoms with van der Waals surface area (Å²) in [7, 11) is 1.47. The van der Waals surface area contributed by atoms with E-state index in [1.165, 1.54) is 13.3 Å². The summed E-state index contributed by atoms with van der Waals surface area (Å²) in [6.45, 7) is 0. The highest BCUT2D eigenvalue weighted by Gasteiger charge is 2.19. The van der Waals surface area contributed by atoms with Crippen LogP contribution in [-0.4, -0.2) is 29.1 Å². The average Bonchev–Trinajstić information content (AvgIpc) is 2.46. The Morgan fingerprint density at radius 1 is 1.28 bits per heavy atom. The predicted molar refractivity (Wildman–Crippen MR) is 67.2 cm³/mol. The standard InChI is InChI=1S/C13H13N3O2/c1-18-13(16-11-9-14-7-8-15-11)12(17)10-5-3-2-4-6-10/h2-9,13H,1H3,(H,15,16). The van der Waals surface area contributed by atoms with Crippen molar-refractivity contribution in [2.75, 3.05) is 12.4 Å². The molecule has 1 atom stereocenters. The summed E-state index contributed by atoms with van der Waals surface area (Å²) in [6.07, 6.45) is 3.86. The third-order valence-corrected chi connectivity index (χ3v) is 2.37. The molecule has 0 amide bonds. The molecule has 1 aromatic heterocycles. The molecule has 0 radical (unpaired) electrons. The second-order valence-corrected chi connectivity index (χ2v) is 3.58. The quantitative estimate of drug-likeness (QED) is 0.640. The number of nitrogens with zero attached hydrogens (tertiary/aromatic N) is 2. The van der Waals surface area contributed by atoms with E-state index < -0.39 is 6.23 Å². The fraction of sp³-hybridized carbons (Fsp3) is 0.154. The maximum Gasteiger partial charge on any atom is 0.212 e. The van der Waals surface area contributed by atoms with Gasteiger partial charge in [-0.25, -0.2) is 4.98 Å². The van der Waals surface area contributed by atoms with Gasteiger partial charge in [0.15, 0.2) is 6.23 Å². The molecular formula is C13H13N3O2. The van der Waals surface area contributed by atoms with Crippen LogP contribution < -0.4 is 5.32 Å². The van der Waals surface area contributed by atoms with Gasteiger partial charge in [0, 0.05) is 25.1 Å². The number of hydrogen-bond acceptors (Lipinski definition) is 5. The van der Waals surface area contributed by atoms with E-state index in [9.17, 15) is 4.79 Å². The van der Waals surface area contributed by atoms with Crippen molar-refractivity contribution in [3.05, 3.63) is 54.5 Å². The Bertz CT molecular complexity index is 502. The highest BCUT2D eigenvalue weighted by molar-refractivity contribution is 6.00. The number of ketones is 1. The summed E-state index contributed by atoms with van der Waals surface area (Å²) in [6, 6.07) is 8.96. The van der Waals surface area contributed by atoms with Crippen molar-refractivity contribution >= 4 is 11.6 Å². The van der Waals surface area contributed by atoms with Gasteiger partial charge in [-0.2, -0.15) is 0 Å². The first-order chi connectivity index (χ1) is 8.81. The van der Waals surface area contributed by atoms with Crippen LogP contribution in [0.5, 0.6) is 0 Å². The van der Waals surface area contributed by atoms with Crippen molar-refractivity contribution in [2.24, 2.45) is 0 Å². The number of Topliss-reactive ketones (excluding diaryl/α,β-unsaturated/α-hetero) is 1. The Hall–Kier alpha value is -2.27. The number of hydrogen-bond donors (Lipinski definition) is 1. The third-order valence-electron chi connectivity index (χ3n) is 2.37. The van der Waals surface area contributed by atoms with Crippen LogP contribution in [0, 0.1) is 0 Å². The van der Waals surface area contributed by atoms with E-state index in [2.05, 4.69) is 15.3 Å². The summed E-state index contributed by atoms with van der Waals surface area (Å²) in [5.41, 5.74) is 0.584. The van der Waals surface area contributed by atoms with Gasteiger partial charge in [-0.3, -0.25) is 9.78 Å². The first-order valence-electron chi connectivity index (χ1n) is 5.46. The third kappa shape index (κ3) is 2.89. The highest BCUT2D eigenvalue weighted by atomic mass is 16.5. The van der Waals surface area contributed by atoms with Crippen LogP contribution in [-0.2, 0) is 4.74 Å². The molecule has 18 heavy (non-hydrogen) atoms. The Labute approximate surface area is 105 Å². The lowest BCUT2D eigenvalue weighted by Gasteiger charge is -2.16. The predicted octanol–water partition coefficient (Wildman–Crippen LogP) is 1.74. The van der Waals surface area contributed by atoms with Crippen LogP contribution in [0.25, 0.3) is 0 Å². The van der Waals surface area contributed by atoms with Gasteiger partial charge in [0.25, 0.3) is 0 Å². The van der Waals surface area contributed by atoms with Gasteiger partial charge < -0.3 is 10.1 Å². The molecule has 2 aromatic rings. The van der Waals surface area contributed by atoms with E-state index in [1.807, 2.05) is 18.2 Å². The zero-order chi connectivity index (χ0) is 12.8. The Morgan fingerprint density at radius 3 is 2.67 bits per heavy atom. The number of rotatable bonds is 5. The Kier molecular flexibility index (Phi) is 3.98. The number of anilines is 1. The van der Waals surface area contributed by atoms with Gasteiger partial charge in [-0.05, 0) is 0 Å². The molecule has 5 heteroatoms. The molecule has 1 heterocycles. The molecular weight excluding hydrogens is 230 g/mol. The SMILES string of the molecule is COC(Nc1cnccn1)C(=O)c1ccccc1. The van der Waals surface area contributed by atoms with Gasteiger partial charge in [0.2, 0.25) is 5.78 Å². The van der Waals surface area contributed by atoms with E-state index in [4.69, 9.17) is 4.74 Å². The number of aromatic nitrogens is 2. The molecule has 5 nitrogen and oxygen atoms in total. The zero-order valence-corrected chi connectivity index (χ0v) is 9.91. The largest absolute Gasteiger partial charge is 0.354 e. The van der Waals surface area contributed by atoms with Crippen LogP contribution in [0.2, 0.25) is 0 Å². The average molecular weight is 243 g/mol. The van der Waals surface area contributed by atoms with Gasteiger partial charge in [0.1, 0.15) is 5.82 Å². The zero-order valence-electron chi connectivity index (χ0n) is 9.91. The van der Waals surface area contributed by atoms with E-state index in [-0.39, 0.29) is 5.78 Å². The summed E-state index contributed by atoms with van der Waals surface area (Å²) >= 11 is 0. The van der Waals surface area contributed by atoms with E-state index in [0.29, 0.717) is 11.4 Å². The van der Waals surface area contributed by atoms with Crippen molar-refractivity contribution in [1.29, 1.82) is 0 Å². The number of benzene rings is 1. The Morgan fingerprint density at radius 2 is 2.06 bits per heavy atom. The molecule has 0 saturated carbocycles. The second-order valence-electron chi connectivity index (χ2n) is 3.58. The van der Waals surface area contributed by atoms with Crippen molar-refractivity contribution in [2.45, 2.75) is 6.23 Å². The normalized spacial score (nSPS) is 11.8.